The lowest BCUT2D eigenvalue weighted by molar-refractivity contribution is -0.117. The molecule has 30 heavy (non-hydrogen) atoms. The first-order valence-electron chi connectivity index (χ1n) is 9.82. The molecule has 8 heteroatoms. The van der Waals surface area contributed by atoms with Gasteiger partial charge in [-0.25, -0.2) is 4.99 Å². The average Bonchev–Trinajstić information content (AvgIpc) is 2.91. The number of ether oxygens (including phenoxy) is 2. The number of para-hydroxylation sites is 1. The lowest BCUT2D eigenvalue weighted by atomic mass is 10.0. The van der Waals surface area contributed by atoms with Crippen LogP contribution in [-0.2, 0) is 14.3 Å². The van der Waals surface area contributed by atoms with Crippen LogP contribution >= 0.6 is 0 Å². The monoisotopic (exact) mass is 405 g/mol. The van der Waals surface area contributed by atoms with E-state index in [9.17, 15) is 4.79 Å². The lowest BCUT2D eigenvalue weighted by Gasteiger charge is -2.22. The maximum absolute atomic E-state index is 12.8. The van der Waals surface area contributed by atoms with E-state index in [-0.39, 0.29) is 17.8 Å². The molecule has 154 valence electrons. The zero-order valence-electron chi connectivity index (χ0n) is 16.4. The smallest absolute Gasteiger partial charge is 0.291 e. The van der Waals surface area contributed by atoms with Gasteiger partial charge in [-0.1, -0.05) is 48.5 Å². The van der Waals surface area contributed by atoms with Crippen LogP contribution in [0.4, 0.5) is 5.69 Å². The van der Waals surface area contributed by atoms with E-state index in [0.29, 0.717) is 37.5 Å². The van der Waals surface area contributed by atoms with Crippen LogP contribution in [0.3, 0.4) is 0 Å². The van der Waals surface area contributed by atoms with Crippen LogP contribution in [0.1, 0.15) is 24.0 Å². The van der Waals surface area contributed by atoms with Gasteiger partial charge in [0.2, 0.25) is 6.17 Å². The Balaban J connectivity index is 1.63. The molecule has 1 atom stereocenters. The van der Waals surface area contributed by atoms with E-state index in [1.165, 1.54) is 0 Å². The van der Waals surface area contributed by atoms with Crippen molar-refractivity contribution in [1.82, 2.24) is 0 Å². The number of nitrogens with one attached hydrogen (secondary N) is 2. The highest BCUT2D eigenvalue weighted by Crippen LogP contribution is 2.24. The number of benzene rings is 2. The van der Waals surface area contributed by atoms with E-state index < -0.39 is 12.1 Å². The Hall–Kier alpha value is -3.52. The molecular formula is C22H23N5O3. The Kier molecular flexibility index (Phi) is 5.85. The SMILES string of the molecule is N=C(OC(N)=NC1N=C(c2ccccc2)c2ccccc2NC1=O)C1CCOCC1. The molecule has 0 bridgehead atoms. The molecule has 0 radical (unpaired) electrons. The highest BCUT2D eigenvalue weighted by Gasteiger charge is 2.27. The van der Waals surface area contributed by atoms with Crippen molar-refractivity contribution in [3.8, 4) is 0 Å². The van der Waals surface area contributed by atoms with Crippen LogP contribution in [-0.4, -0.2) is 42.9 Å². The van der Waals surface area contributed by atoms with E-state index in [1.54, 1.807) is 0 Å². The molecule has 2 aromatic rings. The first kappa shape index (κ1) is 19.8. The number of anilines is 1. The number of carbonyl (C=O) groups is 1. The number of carbonyl (C=O) groups excluding carboxylic acids is 1. The van der Waals surface area contributed by atoms with Gasteiger partial charge in [0, 0.05) is 30.3 Å². The number of aliphatic imine (C=N–C) groups is 2. The summed E-state index contributed by atoms with van der Waals surface area (Å²) in [7, 11) is 0. The van der Waals surface area contributed by atoms with Gasteiger partial charge in [-0.05, 0) is 18.9 Å². The van der Waals surface area contributed by atoms with Gasteiger partial charge in [-0.2, -0.15) is 4.99 Å². The van der Waals surface area contributed by atoms with Crippen molar-refractivity contribution in [2.75, 3.05) is 18.5 Å². The molecule has 4 N–H and O–H groups in total. The fraction of sp³-hybridized carbons (Fsp3) is 0.273. The van der Waals surface area contributed by atoms with Gasteiger partial charge >= 0.3 is 0 Å². The highest BCUT2D eigenvalue weighted by molar-refractivity contribution is 6.19. The first-order valence-corrected chi connectivity index (χ1v) is 9.82. The lowest BCUT2D eigenvalue weighted by Crippen LogP contribution is -2.32. The van der Waals surface area contributed by atoms with Gasteiger partial charge in [-0.3, -0.25) is 10.2 Å². The van der Waals surface area contributed by atoms with Crippen LogP contribution < -0.4 is 11.1 Å². The summed E-state index contributed by atoms with van der Waals surface area (Å²) in [5.74, 6) is -0.454. The summed E-state index contributed by atoms with van der Waals surface area (Å²) in [6.07, 6.45) is 0.263. The standard InChI is InChI=1S/C22H23N5O3/c23-19(15-10-12-29-13-11-15)30-22(24)27-20-21(28)25-17-9-5-4-8-16(17)18(26-20)14-6-2-1-3-7-14/h1-9,15,20,23H,10-13H2,(H2,24,27)(H,25,28). The number of fused-ring (bicyclic) bond motifs is 1. The van der Waals surface area contributed by atoms with Gasteiger partial charge in [0.05, 0.1) is 11.4 Å². The van der Waals surface area contributed by atoms with Crippen molar-refractivity contribution in [2.24, 2.45) is 21.6 Å². The minimum Gasteiger partial charge on any atom is -0.412 e. The molecule has 0 saturated carbocycles. The van der Waals surface area contributed by atoms with E-state index in [1.807, 2.05) is 54.6 Å². The third-order valence-electron chi connectivity index (χ3n) is 5.03. The van der Waals surface area contributed by atoms with Crippen molar-refractivity contribution in [1.29, 1.82) is 5.41 Å². The summed E-state index contributed by atoms with van der Waals surface area (Å²) in [5.41, 5.74) is 8.85. The number of hydrogen-bond acceptors (Lipinski definition) is 6. The predicted octanol–water partition coefficient (Wildman–Crippen LogP) is 2.54. The molecule has 0 aliphatic carbocycles. The molecule has 0 spiro atoms. The second-order valence-corrected chi connectivity index (χ2v) is 7.07. The largest absolute Gasteiger partial charge is 0.412 e. The van der Waals surface area contributed by atoms with Crippen molar-refractivity contribution < 1.29 is 14.3 Å². The number of nitrogens with zero attached hydrogens (tertiary/aromatic N) is 2. The minimum absolute atomic E-state index is 0.0316. The maximum atomic E-state index is 12.8. The molecule has 2 aliphatic rings. The van der Waals surface area contributed by atoms with Gasteiger partial charge in [0.25, 0.3) is 11.9 Å². The molecular weight excluding hydrogens is 382 g/mol. The molecule has 8 nitrogen and oxygen atoms in total. The highest BCUT2D eigenvalue weighted by atomic mass is 16.5. The maximum Gasteiger partial charge on any atom is 0.291 e. The second-order valence-electron chi connectivity index (χ2n) is 7.07. The van der Waals surface area contributed by atoms with Crippen molar-refractivity contribution in [2.45, 2.75) is 19.0 Å². The summed E-state index contributed by atoms with van der Waals surface area (Å²) in [4.78, 5) is 21.5. The number of nitrogens with two attached hydrogens (primary N) is 1. The van der Waals surface area contributed by atoms with E-state index in [4.69, 9.17) is 20.6 Å². The van der Waals surface area contributed by atoms with Crippen LogP contribution in [0.15, 0.2) is 64.6 Å². The number of hydrogen-bond donors (Lipinski definition) is 3. The van der Waals surface area contributed by atoms with Crippen molar-refractivity contribution in [3.63, 3.8) is 0 Å². The first-order chi connectivity index (χ1) is 14.6. The van der Waals surface area contributed by atoms with Crippen LogP contribution in [0.2, 0.25) is 0 Å². The fourth-order valence-electron chi connectivity index (χ4n) is 3.46. The van der Waals surface area contributed by atoms with Crippen molar-refractivity contribution >= 4 is 29.2 Å². The fourth-order valence-corrected chi connectivity index (χ4v) is 3.46. The van der Waals surface area contributed by atoms with Crippen molar-refractivity contribution in [3.05, 3.63) is 65.7 Å². The topological polar surface area (TPSA) is 122 Å². The molecule has 1 amide bonds. The van der Waals surface area contributed by atoms with Crippen LogP contribution in [0, 0.1) is 11.3 Å². The molecule has 0 aromatic heterocycles. The van der Waals surface area contributed by atoms with E-state index in [2.05, 4.69) is 15.3 Å². The van der Waals surface area contributed by atoms with Gasteiger partial charge in [0.1, 0.15) is 0 Å². The normalized spacial score (nSPS) is 19.9. The molecule has 4 rings (SSSR count). The number of amidine groups is 1. The number of amides is 1. The predicted molar refractivity (Wildman–Crippen MR) is 115 cm³/mol. The average molecular weight is 405 g/mol. The quantitative estimate of drug-likeness (QED) is 0.536. The van der Waals surface area contributed by atoms with E-state index >= 15 is 0 Å². The zero-order valence-corrected chi connectivity index (χ0v) is 16.4. The molecule has 1 fully saturated rings. The zero-order chi connectivity index (χ0) is 20.9. The van der Waals surface area contributed by atoms with Gasteiger partial charge in [0.15, 0.2) is 5.90 Å². The molecule has 2 heterocycles. The Morgan fingerprint density at radius 3 is 2.60 bits per heavy atom. The molecule has 1 unspecified atom stereocenters. The Bertz CT molecular complexity index is 997. The third-order valence-corrected chi connectivity index (χ3v) is 5.03. The van der Waals surface area contributed by atoms with Gasteiger partial charge in [-0.15, -0.1) is 0 Å². The Labute approximate surface area is 174 Å². The summed E-state index contributed by atoms with van der Waals surface area (Å²) >= 11 is 0. The third kappa shape index (κ3) is 4.38. The summed E-state index contributed by atoms with van der Waals surface area (Å²) in [5, 5.41) is 11.0. The Morgan fingerprint density at radius 1 is 1.13 bits per heavy atom. The number of benzodiazepines with no additional fused rings is 1. The minimum atomic E-state index is -1.13. The van der Waals surface area contributed by atoms with Crippen LogP contribution in [0.5, 0.6) is 0 Å². The summed E-state index contributed by atoms with van der Waals surface area (Å²) in [6, 6.07) is 16.8. The molecule has 1 saturated heterocycles. The molecule has 2 aromatic carbocycles. The summed E-state index contributed by atoms with van der Waals surface area (Å²) < 4.78 is 10.7. The van der Waals surface area contributed by atoms with Gasteiger partial charge < -0.3 is 20.5 Å². The second kappa shape index (κ2) is 8.87. The summed E-state index contributed by atoms with van der Waals surface area (Å²) in [6.45, 7) is 1.17. The number of rotatable bonds is 3. The van der Waals surface area contributed by atoms with E-state index in [0.717, 1.165) is 11.1 Å². The Morgan fingerprint density at radius 2 is 1.83 bits per heavy atom. The van der Waals surface area contributed by atoms with Crippen LogP contribution in [0.25, 0.3) is 0 Å². The molecule has 2 aliphatic heterocycles.